The maximum Gasteiger partial charge on any atom is 0.176 e. The van der Waals surface area contributed by atoms with Crippen molar-refractivity contribution in [1.82, 2.24) is 20.5 Å². The van der Waals surface area contributed by atoms with Crippen LogP contribution in [0, 0.1) is 19.3 Å². The van der Waals surface area contributed by atoms with Crippen LogP contribution in [0.15, 0.2) is 36.7 Å². The van der Waals surface area contributed by atoms with Gasteiger partial charge >= 0.3 is 0 Å². The normalized spacial score (nSPS) is 19.6. The molecule has 10 nitrogen and oxygen atoms in total. The molecule has 3 fully saturated rings. The van der Waals surface area contributed by atoms with Gasteiger partial charge in [0.2, 0.25) is 0 Å². The van der Waals surface area contributed by atoms with Gasteiger partial charge in [-0.05, 0) is 44.0 Å². The minimum atomic E-state index is -0.795. The van der Waals surface area contributed by atoms with Crippen LogP contribution in [0.5, 0.6) is 11.5 Å². The third-order valence-corrected chi connectivity index (χ3v) is 6.70. The number of nitrogen functional groups attached to an aromatic ring is 1. The Morgan fingerprint density at radius 2 is 1.91 bits per heavy atom. The zero-order valence-electron chi connectivity index (χ0n) is 20.1. The number of hydrogen-bond acceptors (Lipinski definition) is 10. The number of nitrogens with zero attached hydrogens (tertiary/aromatic N) is 4. The number of aromatic nitrogens is 3. The van der Waals surface area contributed by atoms with Crippen molar-refractivity contribution in [2.75, 3.05) is 30.8 Å². The summed E-state index contributed by atoms with van der Waals surface area (Å²) in [5.41, 5.74) is 16.8. The molecule has 1 aromatic carbocycles. The van der Waals surface area contributed by atoms with Crippen LogP contribution in [-0.2, 0) is 0 Å². The van der Waals surface area contributed by atoms with E-state index in [1.165, 1.54) is 13.5 Å². The van der Waals surface area contributed by atoms with Gasteiger partial charge in [0.25, 0.3) is 0 Å². The third-order valence-electron chi connectivity index (χ3n) is 6.70. The molecule has 0 spiro atoms. The lowest BCUT2D eigenvalue weighted by atomic mass is 9.91. The molecule has 3 saturated heterocycles. The lowest BCUT2D eigenvalue weighted by molar-refractivity contribution is 0.202. The number of ether oxygens (including phenoxy) is 2. The predicted octanol–water partition coefficient (Wildman–Crippen LogP) is 2.08. The summed E-state index contributed by atoms with van der Waals surface area (Å²) in [5.74, 6) is 1.74. The number of pyridine rings is 1. The van der Waals surface area contributed by atoms with Gasteiger partial charge in [0.1, 0.15) is 5.82 Å². The van der Waals surface area contributed by atoms with Gasteiger partial charge in [-0.1, -0.05) is 0 Å². The molecule has 0 radical (unpaired) electrons. The van der Waals surface area contributed by atoms with Crippen molar-refractivity contribution in [2.24, 2.45) is 5.73 Å². The molecule has 3 atom stereocenters. The number of rotatable bonds is 7. The molecule has 6 rings (SSSR count). The average Bonchev–Trinajstić information content (AvgIpc) is 2.84. The molecule has 35 heavy (non-hydrogen) atoms. The van der Waals surface area contributed by atoms with Gasteiger partial charge in [0, 0.05) is 59.8 Å². The van der Waals surface area contributed by atoms with E-state index in [1.807, 2.05) is 26.0 Å². The van der Waals surface area contributed by atoms with E-state index in [4.69, 9.17) is 26.4 Å². The first-order chi connectivity index (χ1) is 16.8. The maximum absolute atomic E-state index is 8.82. The first-order valence-corrected chi connectivity index (χ1v) is 11.6. The number of nitrogens with one attached hydrogen (secondary N) is 2. The van der Waals surface area contributed by atoms with Crippen LogP contribution in [0.3, 0.4) is 0 Å². The van der Waals surface area contributed by atoms with Crippen LogP contribution in [-0.4, -0.2) is 53.2 Å². The van der Waals surface area contributed by atoms with E-state index >= 15 is 0 Å². The Morgan fingerprint density at radius 1 is 1.17 bits per heavy atom. The number of piperidine rings is 1. The van der Waals surface area contributed by atoms with E-state index < -0.39 is 6.23 Å². The second-order valence-electron chi connectivity index (χ2n) is 9.14. The second kappa shape index (κ2) is 9.12. The van der Waals surface area contributed by atoms with Crippen LogP contribution < -0.4 is 31.2 Å². The topological polar surface area (TPSA) is 148 Å². The number of benzene rings is 1. The zero-order chi connectivity index (χ0) is 24.7. The number of fused-ring (bicyclic) bond motifs is 2. The number of nitrogens with two attached hydrogens (primary N) is 2. The monoisotopic (exact) mass is 474 g/mol. The fraction of sp³-hybridized carbons (Fsp3) is 0.360. The minimum absolute atomic E-state index is 0.240. The van der Waals surface area contributed by atoms with Gasteiger partial charge in [0.05, 0.1) is 24.7 Å². The van der Waals surface area contributed by atoms with Crippen molar-refractivity contribution in [3.05, 3.63) is 64.6 Å². The highest BCUT2D eigenvalue weighted by Crippen LogP contribution is 2.36. The Balaban J connectivity index is 1.39. The molecule has 3 aromatic rings. The SMILES string of the molecule is COc1cc(N)c(C(=N)c2ccc(N3CC4CC(C3)N4)nc2)cc1O[C@H](N)c1c(C)cnnc1C. The van der Waals surface area contributed by atoms with Gasteiger partial charge in [-0.25, -0.2) is 4.98 Å². The summed E-state index contributed by atoms with van der Waals surface area (Å²) in [6.07, 6.45) is 3.81. The quantitative estimate of drug-likeness (QED) is 0.229. The van der Waals surface area contributed by atoms with Crippen molar-refractivity contribution >= 4 is 17.2 Å². The standard InChI is InChI=1S/C25H30N8O2/c1-13-9-30-32-14(2)23(13)25(28)35-21-7-18(19(26)8-20(21)34-3)24(27)15-4-5-22(29-10-15)33-11-16-6-17(12-33)31-16/h4-5,7-10,16-17,25,27,31H,6,11-12,26,28H2,1-3H3/t16?,17?,25-/m0/s1. The molecule has 3 aliphatic rings. The molecule has 0 aliphatic carbocycles. The number of methoxy groups -OCH3 is 1. The van der Waals surface area contributed by atoms with Gasteiger partial charge in [-0.15, -0.1) is 0 Å². The Bertz CT molecular complexity index is 1230. The Labute approximate surface area is 204 Å². The summed E-state index contributed by atoms with van der Waals surface area (Å²) in [6, 6.07) is 8.30. The highest BCUT2D eigenvalue weighted by molar-refractivity contribution is 6.14. The van der Waals surface area contributed by atoms with E-state index in [-0.39, 0.29) is 5.71 Å². The van der Waals surface area contributed by atoms with Crippen LogP contribution in [0.2, 0.25) is 0 Å². The molecule has 182 valence electrons. The molecule has 2 aromatic heterocycles. The van der Waals surface area contributed by atoms with Gasteiger partial charge < -0.3 is 25.4 Å². The fourth-order valence-electron chi connectivity index (χ4n) is 4.86. The fourth-order valence-corrected chi connectivity index (χ4v) is 4.86. The van der Waals surface area contributed by atoms with Crippen molar-refractivity contribution in [3.63, 3.8) is 0 Å². The van der Waals surface area contributed by atoms with Crippen LogP contribution >= 0.6 is 0 Å². The molecule has 2 unspecified atom stereocenters. The van der Waals surface area contributed by atoms with E-state index in [9.17, 15) is 0 Å². The summed E-state index contributed by atoms with van der Waals surface area (Å²) in [4.78, 5) is 6.91. The molecular formula is C25H30N8O2. The zero-order valence-corrected chi connectivity index (χ0v) is 20.1. The second-order valence-corrected chi connectivity index (χ2v) is 9.14. The van der Waals surface area contributed by atoms with E-state index in [0.717, 1.165) is 30.0 Å². The van der Waals surface area contributed by atoms with Crippen LogP contribution in [0.25, 0.3) is 0 Å². The van der Waals surface area contributed by atoms with Gasteiger partial charge in [0.15, 0.2) is 17.7 Å². The molecule has 3 aliphatic heterocycles. The molecular weight excluding hydrogens is 444 g/mol. The van der Waals surface area contributed by atoms with Crippen molar-refractivity contribution in [2.45, 2.75) is 38.6 Å². The summed E-state index contributed by atoms with van der Waals surface area (Å²) < 4.78 is 11.6. The summed E-state index contributed by atoms with van der Waals surface area (Å²) >= 11 is 0. The van der Waals surface area contributed by atoms with E-state index in [2.05, 4.69) is 25.4 Å². The molecule has 2 bridgehead atoms. The van der Waals surface area contributed by atoms with Crippen molar-refractivity contribution in [3.8, 4) is 11.5 Å². The van der Waals surface area contributed by atoms with Crippen LogP contribution in [0.4, 0.5) is 11.5 Å². The Kier molecular flexibility index (Phi) is 6.00. The van der Waals surface area contributed by atoms with E-state index in [1.54, 1.807) is 24.5 Å². The van der Waals surface area contributed by atoms with Crippen molar-refractivity contribution in [1.29, 1.82) is 5.41 Å². The number of piperazine rings is 1. The first-order valence-electron chi connectivity index (χ1n) is 11.6. The average molecular weight is 475 g/mol. The largest absolute Gasteiger partial charge is 0.493 e. The number of anilines is 2. The Morgan fingerprint density at radius 3 is 2.54 bits per heavy atom. The van der Waals surface area contributed by atoms with E-state index in [0.29, 0.717) is 46.1 Å². The highest BCUT2D eigenvalue weighted by Gasteiger charge is 2.36. The third kappa shape index (κ3) is 4.38. The molecule has 0 saturated carbocycles. The Hall–Kier alpha value is -3.76. The lowest BCUT2D eigenvalue weighted by Gasteiger charge is -2.48. The number of hydrogen-bond donors (Lipinski definition) is 4. The predicted molar refractivity (Wildman–Crippen MR) is 134 cm³/mol. The molecule has 6 N–H and O–H groups in total. The van der Waals surface area contributed by atoms with Crippen molar-refractivity contribution < 1.29 is 9.47 Å². The smallest absolute Gasteiger partial charge is 0.176 e. The highest BCUT2D eigenvalue weighted by atomic mass is 16.5. The molecule has 10 heteroatoms. The van der Waals surface area contributed by atoms with Gasteiger partial charge in [-0.2, -0.15) is 10.2 Å². The van der Waals surface area contributed by atoms with Gasteiger partial charge in [-0.3, -0.25) is 11.1 Å². The minimum Gasteiger partial charge on any atom is -0.493 e. The maximum atomic E-state index is 8.82. The number of aryl methyl sites for hydroxylation is 2. The van der Waals surface area contributed by atoms with Crippen LogP contribution in [0.1, 0.15) is 40.6 Å². The molecule has 0 amide bonds. The summed E-state index contributed by atoms with van der Waals surface area (Å²) in [5, 5.41) is 20.4. The first kappa shape index (κ1) is 23.0. The summed E-state index contributed by atoms with van der Waals surface area (Å²) in [6.45, 7) is 5.65. The summed E-state index contributed by atoms with van der Waals surface area (Å²) in [7, 11) is 1.53. The molecule has 5 heterocycles. The lowest BCUT2D eigenvalue weighted by Crippen LogP contribution is -2.67.